The van der Waals surface area contributed by atoms with Crippen molar-refractivity contribution in [3.05, 3.63) is 44.4 Å². The minimum Gasteiger partial charge on any atom is -0.469 e. The molecule has 0 saturated carbocycles. The zero-order chi connectivity index (χ0) is 10.8. The molecule has 0 N–H and O–H groups in total. The Morgan fingerprint density at radius 3 is 2.93 bits per heavy atom. The molecule has 0 aliphatic rings. The summed E-state index contributed by atoms with van der Waals surface area (Å²) in [6.45, 7) is 1.83. The molecule has 0 saturated heterocycles. The Labute approximate surface area is 100 Å². The molecule has 2 rings (SSSR count). The van der Waals surface area contributed by atoms with Crippen LogP contribution in [0.1, 0.15) is 21.7 Å². The molecular formula is C11H9BrO2S. The van der Waals surface area contributed by atoms with Crippen LogP contribution in [0.5, 0.6) is 0 Å². The zero-order valence-electron chi connectivity index (χ0n) is 8.12. The normalized spacial score (nSPS) is 10.5. The van der Waals surface area contributed by atoms with Crippen molar-refractivity contribution in [3.8, 4) is 0 Å². The van der Waals surface area contributed by atoms with Crippen molar-refractivity contribution >= 4 is 33.0 Å². The summed E-state index contributed by atoms with van der Waals surface area (Å²) in [7, 11) is 0. The number of halogens is 1. The minimum atomic E-state index is 0.0888. The van der Waals surface area contributed by atoms with Crippen molar-refractivity contribution in [3.63, 3.8) is 0 Å². The van der Waals surface area contributed by atoms with Crippen LogP contribution in [-0.2, 0) is 6.42 Å². The van der Waals surface area contributed by atoms with Gasteiger partial charge in [0.25, 0.3) is 0 Å². The number of carbonyl (C=O) groups is 1. The van der Waals surface area contributed by atoms with E-state index in [4.69, 9.17) is 4.42 Å². The maximum absolute atomic E-state index is 11.8. The molecule has 2 aromatic rings. The monoisotopic (exact) mass is 284 g/mol. The SMILES string of the molecule is Cc1cc(C(=O)Cc2ccsc2Br)co1. The van der Waals surface area contributed by atoms with E-state index in [1.807, 2.05) is 18.4 Å². The van der Waals surface area contributed by atoms with Gasteiger partial charge in [-0.15, -0.1) is 11.3 Å². The summed E-state index contributed by atoms with van der Waals surface area (Å²) < 4.78 is 6.13. The second-order valence-electron chi connectivity index (χ2n) is 3.27. The molecule has 15 heavy (non-hydrogen) atoms. The van der Waals surface area contributed by atoms with E-state index < -0.39 is 0 Å². The molecular weight excluding hydrogens is 276 g/mol. The number of hydrogen-bond acceptors (Lipinski definition) is 3. The van der Waals surface area contributed by atoms with E-state index in [0.717, 1.165) is 15.1 Å². The summed E-state index contributed by atoms with van der Waals surface area (Å²) in [5.41, 5.74) is 1.68. The number of hydrogen-bond donors (Lipinski definition) is 0. The Bertz CT molecular complexity index is 484. The van der Waals surface area contributed by atoms with Crippen LogP contribution in [0.3, 0.4) is 0 Å². The molecule has 0 unspecified atom stereocenters. The van der Waals surface area contributed by atoms with Crippen molar-refractivity contribution < 1.29 is 9.21 Å². The Morgan fingerprint density at radius 1 is 1.60 bits per heavy atom. The van der Waals surface area contributed by atoms with Gasteiger partial charge in [0.2, 0.25) is 0 Å². The van der Waals surface area contributed by atoms with Crippen LogP contribution in [0.15, 0.2) is 32.0 Å². The van der Waals surface area contributed by atoms with Gasteiger partial charge in [0.05, 0.1) is 9.35 Å². The molecule has 0 bridgehead atoms. The lowest BCUT2D eigenvalue weighted by Gasteiger charge is -1.95. The molecule has 78 valence electrons. The molecule has 0 spiro atoms. The number of Topliss-reactive ketones (excluding diaryl/α,β-unsaturated/α-hetero) is 1. The Kier molecular flexibility index (Phi) is 3.07. The lowest BCUT2D eigenvalue weighted by Crippen LogP contribution is -2.01. The second kappa shape index (κ2) is 4.33. The van der Waals surface area contributed by atoms with Crippen LogP contribution >= 0.6 is 27.3 Å². The number of furan rings is 1. The van der Waals surface area contributed by atoms with Gasteiger partial charge in [-0.3, -0.25) is 4.79 Å². The van der Waals surface area contributed by atoms with Crippen molar-refractivity contribution in [2.75, 3.05) is 0 Å². The standard InChI is InChI=1S/C11H9BrO2S/c1-7-4-9(6-14-7)10(13)5-8-2-3-15-11(8)12/h2-4,6H,5H2,1H3. The third kappa shape index (κ3) is 2.38. The lowest BCUT2D eigenvalue weighted by atomic mass is 10.1. The van der Waals surface area contributed by atoms with Crippen LogP contribution in [0.25, 0.3) is 0 Å². The molecule has 0 radical (unpaired) electrons. The summed E-state index contributed by atoms with van der Waals surface area (Å²) >= 11 is 5.00. The predicted molar refractivity (Wildman–Crippen MR) is 63.5 cm³/mol. The maximum atomic E-state index is 11.8. The number of ketones is 1. The second-order valence-corrected chi connectivity index (χ2v) is 5.50. The molecule has 0 amide bonds. The maximum Gasteiger partial charge on any atom is 0.170 e. The van der Waals surface area contributed by atoms with E-state index in [0.29, 0.717) is 12.0 Å². The van der Waals surface area contributed by atoms with Crippen molar-refractivity contribution in [1.29, 1.82) is 0 Å². The lowest BCUT2D eigenvalue weighted by molar-refractivity contribution is 0.0992. The third-order valence-corrected chi connectivity index (χ3v) is 3.91. The van der Waals surface area contributed by atoms with E-state index in [9.17, 15) is 4.79 Å². The highest BCUT2D eigenvalue weighted by atomic mass is 79.9. The van der Waals surface area contributed by atoms with Crippen molar-refractivity contribution in [2.24, 2.45) is 0 Å². The van der Waals surface area contributed by atoms with E-state index >= 15 is 0 Å². The van der Waals surface area contributed by atoms with E-state index in [-0.39, 0.29) is 5.78 Å². The van der Waals surface area contributed by atoms with Gasteiger partial charge in [-0.2, -0.15) is 0 Å². The third-order valence-electron chi connectivity index (χ3n) is 2.10. The van der Waals surface area contributed by atoms with Crippen LogP contribution in [0.2, 0.25) is 0 Å². The Morgan fingerprint density at radius 2 is 2.40 bits per heavy atom. The van der Waals surface area contributed by atoms with Crippen LogP contribution in [0.4, 0.5) is 0 Å². The van der Waals surface area contributed by atoms with Gasteiger partial charge in [0.1, 0.15) is 12.0 Å². The van der Waals surface area contributed by atoms with Crippen LogP contribution < -0.4 is 0 Å². The first-order chi connectivity index (χ1) is 7.16. The predicted octanol–water partition coefficient (Wildman–Crippen LogP) is 3.84. The van der Waals surface area contributed by atoms with E-state index in [2.05, 4.69) is 15.9 Å². The van der Waals surface area contributed by atoms with Crippen LogP contribution in [0, 0.1) is 6.92 Å². The summed E-state index contributed by atoms with van der Waals surface area (Å²) in [6.07, 6.45) is 1.93. The first-order valence-electron chi connectivity index (χ1n) is 4.47. The van der Waals surface area contributed by atoms with Gasteiger partial charge in [-0.05, 0) is 45.9 Å². The number of thiophene rings is 1. The molecule has 0 fully saturated rings. The van der Waals surface area contributed by atoms with E-state index in [1.165, 1.54) is 6.26 Å². The Hall–Kier alpha value is -0.870. The van der Waals surface area contributed by atoms with Gasteiger partial charge in [-0.1, -0.05) is 0 Å². The molecule has 0 aliphatic heterocycles. The van der Waals surface area contributed by atoms with Crippen molar-refractivity contribution in [1.82, 2.24) is 0 Å². The highest BCUT2D eigenvalue weighted by Crippen LogP contribution is 2.24. The Balaban J connectivity index is 2.14. The average Bonchev–Trinajstić information content (AvgIpc) is 2.77. The summed E-state index contributed by atoms with van der Waals surface area (Å²) in [4.78, 5) is 11.8. The molecule has 2 heterocycles. The van der Waals surface area contributed by atoms with Gasteiger partial charge in [-0.25, -0.2) is 0 Å². The zero-order valence-corrected chi connectivity index (χ0v) is 10.5. The molecule has 2 aromatic heterocycles. The fourth-order valence-corrected chi connectivity index (χ4v) is 2.55. The highest BCUT2D eigenvalue weighted by molar-refractivity contribution is 9.11. The highest BCUT2D eigenvalue weighted by Gasteiger charge is 2.11. The largest absolute Gasteiger partial charge is 0.469 e. The fraction of sp³-hybridized carbons (Fsp3) is 0.182. The topological polar surface area (TPSA) is 30.2 Å². The van der Waals surface area contributed by atoms with Gasteiger partial charge in [0.15, 0.2) is 5.78 Å². The quantitative estimate of drug-likeness (QED) is 0.802. The summed E-state index contributed by atoms with van der Waals surface area (Å²) in [5, 5.41) is 1.97. The number of carbonyl (C=O) groups excluding carboxylic acids is 1. The summed E-state index contributed by atoms with van der Waals surface area (Å²) in [6, 6.07) is 3.72. The smallest absolute Gasteiger partial charge is 0.170 e. The molecule has 0 aromatic carbocycles. The average molecular weight is 285 g/mol. The minimum absolute atomic E-state index is 0.0888. The van der Waals surface area contributed by atoms with Crippen LogP contribution in [-0.4, -0.2) is 5.78 Å². The fourth-order valence-electron chi connectivity index (χ4n) is 1.31. The van der Waals surface area contributed by atoms with Gasteiger partial charge >= 0.3 is 0 Å². The first kappa shape index (κ1) is 10.6. The molecule has 4 heteroatoms. The molecule has 2 nitrogen and oxygen atoms in total. The first-order valence-corrected chi connectivity index (χ1v) is 6.14. The number of rotatable bonds is 3. The van der Waals surface area contributed by atoms with Gasteiger partial charge in [0, 0.05) is 6.42 Å². The summed E-state index contributed by atoms with van der Waals surface area (Å²) in [5.74, 6) is 0.855. The molecule has 0 aliphatic carbocycles. The van der Waals surface area contributed by atoms with Gasteiger partial charge < -0.3 is 4.42 Å². The van der Waals surface area contributed by atoms with E-state index in [1.54, 1.807) is 17.4 Å². The van der Waals surface area contributed by atoms with Crippen molar-refractivity contribution in [2.45, 2.75) is 13.3 Å². The number of aryl methyl sites for hydroxylation is 1. The molecule has 0 atom stereocenters.